The standard InChI is InChI=1S/C28H44O3/c1-16(2)17(3)7-8-18(4)20-9-10-21-23-22(12-13-26(20,21)5)27(6)14-11-19(29)15-28(27)25(31-28)24(23)30/h7-8,16-20,22,24-25,29-30H,9-15H2,1-6H3/b8-7+/t17-,18+,19+,20-,22+,24+,25+,26-,27-,28+/m1/s1. The molecule has 5 aliphatic rings. The lowest BCUT2D eigenvalue weighted by Crippen LogP contribution is -2.57. The van der Waals surface area contributed by atoms with E-state index < -0.39 is 6.10 Å². The van der Waals surface area contributed by atoms with Crippen LogP contribution in [-0.4, -0.2) is 34.1 Å². The fourth-order valence-electron chi connectivity index (χ4n) is 8.48. The molecule has 0 aromatic carbocycles. The van der Waals surface area contributed by atoms with Gasteiger partial charge in [-0.15, -0.1) is 0 Å². The largest absolute Gasteiger partial charge is 0.393 e. The highest BCUT2D eigenvalue weighted by molar-refractivity contribution is 5.43. The van der Waals surface area contributed by atoms with Crippen LogP contribution in [0, 0.1) is 40.4 Å². The highest BCUT2D eigenvalue weighted by Gasteiger charge is 2.77. The molecule has 5 rings (SSSR count). The molecule has 1 saturated heterocycles. The molecule has 10 atom stereocenters. The Morgan fingerprint density at radius 1 is 1.00 bits per heavy atom. The number of aliphatic hydroxyl groups is 2. The molecule has 0 amide bonds. The molecule has 1 heterocycles. The van der Waals surface area contributed by atoms with Crippen LogP contribution in [0.3, 0.4) is 0 Å². The summed E-state index contributed by atoms with van der Waals surface area (Å²) in [6.45, 7) is 14.2. The summed E-state index contributed by atoms with van der Waals surface area (Å²) >= 11 is 0. The van der Waals surface area contributed by atoms with Crippen molar-refractivity contribution in [2.75, 3.05) is 0 Å². The molecule has 0 radical (unpaired) electrons. The Morgan fingerprint density at radius 3 is 2.45 bits per heavy atom. The third kappa shape index (κ3) is 2.95. The zero-order chi connectivity index (χ0) is 22.3. The molecule has 174 valence electrons. The van der Waals surface area contributed by atoms with E-state index in [9.17, 15) is 10.2 Å². The molecule has 0 aromatic heterocycles. The Morgan fingerprint density at radius 2 is 1.74 bits per heavy atom. The summed E-state index contributed by atoms with van der Waals surface area (Å²) in [6.07, 6.45) is 11.4. The van der Waals surface area contributed by atoms with Crippen molar-refractivity contribution in [2.24, 2.45) is 40.4 Å². The highest BCUT2D eigenvalue weighted by atomic mass is 16.6. The summed E-state index contributed by atoms with van der Waals surface area (Å²) in [5.74, 6) is 2.95. The van der Waals surface area contributed by atoms with Crippen LogP contribution >= 0.6 is 0 Å². The zero-order valence-electron chi connectivity index (χ0n) is 20.5. The number of aliphatic hydroxyl groups excluding tert-OH is 2. The van der Waals surface area contributed by atoms with Gasteiger partial charge in [-0.25, -0.2) is 0 Å². The van der Waals surface area contributed by atoms with Gasteiger partial charge >= 0.3 is 0 Å². The Hall–Kier alpha value is -0.640. The van der Waals surface area contributed by atoms with Crippen LogP contribution in [0.1, 0.15) is 86.5 Å². The van der Waals surface area contributed by atoms with E-state index in [0.717, 1.165) is 25.7 Å². The summed E-state index contributed by atoms with van der Waals surface area (Å²) in [4.78, 5) is 0. The summed E-state index contributed by atoms with van der Waals surface area (Å²) in [7, 11) is 0. The number of allylic oxidation sites excluding steroid dienone is 3. The molecule has 3 heteroatoms. The van der Waals surface area contributed by atoms with Gasteiger partial charge in [-0.1, -0.05) is 59.3 Å². The molecule has 4 aliphatic carbocycles. The van der Waals surface area contributed by atoms with Crippen LogP contribution in [0.2, 0.25) is 0 Å². The van der Waals surface area contributed by atoms with E-state index in [4.69, 9.17) is 4.74 Å². The van der Waals surface area contributed by atoms with Gasteiger partial charge in [-0.05, 0) is 79.1 Å². The summed E-state index contributed by atoms with van der Waals surface area (Å²) in [5, 5.41) is 21.9. The first-order valence-electron chi connectivity index (χ1n) is 13.0. The van der Waals surface area contributed by atoms with Gasteiger partial charge in [0.05, 0.1) is 6.10 Å². The minimum Gasteiger partial charge on any atom is -0.393 e. The quantitative estimate of drug-likeness (QED) is 0.449. The number of rotatable bonds is 4. The Bertz CT molecular complexity index is 798. The van der Waals surface area contributed by atoms with Gasteiger partial charge in [0, 0.05) is 11.8 Å². The maximum absolute atomic E-state index is 11.5. The van der Waals surface area contributed by atoms with Gasteiger partial charge in [0.15, 0.2) is 0 Å². The van der Waals surface area contributed by atoms with E-state index in [1.54, 1.807) is 5.57 Å². The summed E-state index contributed by atoms with van der Waals surface area (Å²) < 4.78 is 6.33. The van der Waals surface area contributed by atoms with Crippen LogP contribution in [0.25, 0.3) is 0 Å². The van der Waals surface area contributed by atoms with Gasteiger partial charge < -0.3 is 14.9 Å². The van der Waals surface area contributed by atoms with Crippen LogP contribution in [0.4, 0.5) is 0 Å². The van der Waals surface area contributed by atoms with Crippen molar-refractivity contribution in [2.45, 2.75) is 110 Å². The molecule has 0 unspecified atom stereocenters. The Balaban J connectivity index is 1.47. The van der Waals surface area contributed by atoms with Gasteiger partial charge in [0.25, 0.3) is 0 Å². The average molecular weight is 429 g/mol. The van der Waals surface area contributed by atoms with E-state index >= 15 is 0 Å². The van der Waals surface area contributed by atoms with Crippen molar-refractivity contribution in [3.8, 4) is 0 Å². The second-order valence-electron chi connectivity index (χ2n) is 12.6. The average Bonchev–Trinajstić information content (AvgIpc) is 3.34. The second kappa shape index (κ2) is 7.18. The monoisotopic (exact) mass is 428 g/mol. The highest BCUT2D eigenvalue weighted by Crippen LogP contribution is 2.72. The van der Waals surface area contributed by atoms with Crippen molar-refractivity contribution in [3.63, 3.8) is 0 Å². The van der Waals surface area contributed by atoms with E-state index in [2.05, 4.69) is 53.7 Å². The van der Waals surface area contributed by atoms with E-state index in [1.165, 1.54) is 18.4 Å². The van der Waals surface area contributed by atoms with Crippen LogP contribution < -0.4 is 0 Å². The Labute approximate surface area is 189 Å². The predicted octanol–water partition coefficient (Wildman–Crippen LogP) is 5.66. The fraction of sp³-hybridized carbons (Fsp3) is 0.857. The molecule has 3 saturated carbocycles. The third-order valence-electron chi connectivity index (χ3n) is 10.9. The first kappa shape index (κ1) is 22.2. The second-order valence-corrected chi connectivity index (χ2v) is 12.6. The van der Waals surface area contributed by atoms with Crippen molar-refractivity contribution >= 4 is 0 Å². The maximum atomic E-state index is 11.5. The molecular weight excluding hydrogens is 384 g/mol. The molecule has 0 bridgehead atoms. The molecule has 1 aliphatic heterocycles. The van der Waals surface area contributed by atoms with Gasteiger partial charge in [-0.3, -0.25) is 0 Å². The lowest BCUT2D eigenvalue weighted by Gasteiger charge is -2.55. The molecular formula is C28H44O3. The molecule has 31 heavy (non-hydrogen) atoms. The minimum atomic E-state index is -0.469. The lowest BCUT2D eigenvalue weighted by atomic mass is 9.48. The third-order valence-corrected chi connectivity index (χ3v) is 10.9. The molecule has 2 N–H and O–H groups in total. The van der Waals surface area contributed by atoms with Crippen LogP contribution in [0.5, 0.6) is 0 Å². The van der Waals surface area contributed by atoms with Gasteiger partial charge in [0.2, 0.25) is 0 Å². The first-order chi connectivity index (χ1) is 14.5. The number of ether oxygens (including phenoxy) is 1. The van der Waals surface area contributed by atoms with Crippen molar-refractivity contribution in [3.05, 3.63) is 23.3 Å². The van der Waals surface area contributed by atoms with Crippen molar-refractivity contribution in [1.82, 2.24) is 0 Å². The minimum absolute atomic E-state index is 0.0656. The zero-order valence-corrected chi connectivity index (χ0v) is 20.5. The number of hydrogen-bond acceptors (Lipinski definition) is 3. The van der Waals surface area contributed by atoms with E-state index in [-0.39, 0.29) is 28.6 Å². The number of epoxide rings is 1. The predicted molar refractivity (Wildman–Crippen MR) is 124 cm³/mol. The van der Waals surface area contributed by atoms with Crippen molar-refractivity contribution < 1.29 is 14.9 Å². The molecule has 4 fully saturated rings. The molecule has 3 nitrogen and oxygen atoms in total. The summed E-state index contributed by atoms with van der Waals surface area (Å²) in [6, 6.07) is 0. The SMILES string of the molecule is CC(C)[C@H](C)/C=C/[C@H](C)[C@H]1CCC2=C3[C@H](O)[C@@H]4O[C@@]45C[C@@H](O)CC[C@]5(C)[C@H]3CC[C@@]21C. The first-order valence-corrected chi connectivity index (χ1v) is 13.0. The topological polar surface area (TPSA) is 53.0 Å². The van der Waals surface area contributed by atoms with Crippen LogP contribution in [-0.2, 0) is 4.74 Å². The fourth-order valence-corrected chi connectivity index (χ4v) is 8.48. The van der Waals surface area contributed by atoms with Gasteiger partial charge in [-0.2, -0.15) is 0 Å². The molecule has 1 spiro atoms. The van der Waals surface area contributed by atoms with Crippen molar-refractivity contribution in [1.29, 1.82) is 0 Å². The van der Waals surface area contributed by atoms with E-state index in [0.29, 0.717) is 36.0 Å². The van der Waals surface area contributed by atoms with Gasteiger partial charge in [0.1, 0.15) is 17.8 Å². The number of hydrogen-bond donors (Lipinski definition) is 2. The van der Waals surface area contributed by atoms with E-state index in [1.807, 2.05) is 0 Å². The van der Waals surface area contributed by atoms with Crippen LogP contribution in [0.15, 0.2) is 23.3 Å². The number of fused-ring (bicyclic) bond motifs is 3. The Kier molecular flexibility index (Phi) is 5.13. The maximum Gasteiger partial charge on any atom is 0.118 e. The normalized spacial score (nSPS) is 50.7. The summed E-state index contributed by atoms with van der Waals surface area (Å²) in [5.41, 5.74) is 2.93. The lowest BCUT2D eigenvalue weighted by molar-refractivity contribution is -0.0512. The smallest absolute Gasteiger partial charge is 0.118 e. The molecule has 0 aromatic rings.